The molecule has 0 fully saturated rings. The van der Waals surface area contributed by atoms with Crippen LogP contribution in [0.5, 0.6) is 5.75 Å². The van der Waals surface area contributed by atoms with Gasteiger partial charge in [-0.25, -0.2) is 5.84 Å². The van der Waals surface area contributed by atoms with Gasteiger partial charge in [-0.1, -0.05) is 24.3 Å². The molecule has 25 heavy (non-hydrogen) atoms. The van der Waals surface area contributed by atoms with Gasteiger partial charge in [0.2, 0.25) is 0 Å². The van der Waals surface area contributed by atoms with E-state index in [9.17, 15) is 19.2 Å². The molecule has 0 atom stereocenters. The van der Waals surface area contributed by atoms with Crippen molar-refractivity contribution in [2.75, 3.05) is 0 Å². The van der Waals surface area contributed by atoms with Crippen LogP contribution in [0.4, 0.5) is 0 Å². The second-order valence-corrected chi connectivity index (χ2v) is 5.34. The minimum absolute atomic E-state index is 0.124. The maximum atomic E-state index is 11.6. The summed E-state index contributed by atoms with van der Waals surface area (Å²) >= 11 is 0. The number of fused-ring (bicyclic) bond motifs is 1. The van der Waals surface area contributed by atoms with Crippen molar-refractivity contribution >= 4 is 23.3 Å². The molecule has 0 unspecified atom stereocenters. The van der Waals surface area contributed by atoms with E-state index in [1.807, 2.05) is 5.43 Å². The molecule has 0 aromatic heterocycles. The first-order valence-electron chi connectivity index (χ1n) is 7.34. The molecule has 7 heteroatoms. The van der Waals surface area contributed by atoms with Crippen molar-refractivity contribution in [1.82, 2.24) is 5.43 Å². The number of Topliss-reactive ketones (excluding diaryl/α,β-unsaturated/α-hetero) is 3. The number of aromatic hydroxyl groups is 1. The lowest BCUT2D eigenvalue weighted by Gasteiger charge is -1.98. The maximum Gasteiger partial charge on any atom is 0.265 e. The second-order valence-electron chi connectivity index (χ2n) is 5.34. The lowest BCUT2D eigenvalue weighted by Crippen LogP contribution is -2.29. The molecule has 3 rings (SSSR count). The summed E-state index contributed by atoms with van der Waals surface area (Å²) in [5, 5.41) is 8.85. The smallest absolute Gasteiger partial charge is 0.265 e. The number of hydrazine groups is 1. The summed E-state index contributed by atoms with van der Waals surface area (Å²) < 4.78 is 0. The van der Waals surface area contributed by atoms with E-state index < -0.39 is 5.92 Å². The minimum atomic E-state index is -1.09. The number of hydrogen-bond acceptors (Lipinski definition) is 6. The van der Waals surface area contributed by atoms with Crippen molar-refractivity contribution in [2.45, 2.75) is 6.92 Å². The zero-order chi connectivity index (χ0) is 18.6. The van der Waals surface area contributed by atoms with Gasteiger partial charge >= 0.3 is 0 Å². The quantitative estimate of drug-likeness (QED) is 0.327. The number of phenolic OH excluding ortho intramolecular Hbond substituents is 1. The van der Waals surface area contributed by atoms with E-state index in [-0.39, 0.29) is 29.0 Å². The topological polar surface area (TPSA) is 127 Å². The van der Waals surface area contributed by atoms with Crippen LogP contribution < -0.4 is 11.3 Å². The molecule has 1 aliphatic carbocycles. The Balaban J connectivity index is 0.000000186. The third-order valence-corrected chi connectivity index (χ3v) is 3.65. The summed E-state index contributed by atoms with van der Waals surface area (Å²) in [6.45, 7) is 1.27. The van der Waals surface area contributed by atoms with E-state index in [0.717, 1.165) is 0 Å². The highest BCUT2D eigenvalue weighted by atomic mass is 16.3. The predicted octanol–water partition coefficient (Wildman–Crippen LogP) is 1.27. The molecule has 0 saturated heterocycles. The number of benzene rings is 2. The van der Waals surface area contributed by atoms with Crippen LogP contribution in [-0.2, 0) is 4.79 Å². The number of nitrogens with two attached hydrogens (primary N) is 1. The summed E-state index contributed by atoms with van der Waals surface area (Å²) in [5.74, 6) is 2.44. The van der Waals surface area contributed by atoms with Crippen LogP contribution in [-0.4, -0.2) is 28.4 Å². The molecule has 0 saturated carbocycles. The van der Waals surface area contributed by atoms with Crippen molar-refractivity contribution in [2.24, 2.45) is 11.8 Å². The summed E-state index contributed by atoms with van der Waals surface area (Å²) in [4.78, 5) is 45.1. The molecule has 0 heterocycles. The standard InChI is InChI=1S/C11H8O3.C7H8N2O2/c1-6(12)9-10(13)7-4-2-3-5-8(7)11(9)14;8-9-7(11)5-1-3-6(10)4-2-5/h2-5,9H,1H3;1-4,10H,8H2,(H,9,11). The van der Waals surface area contributed by atoms with Crippen LogP contribution in [0.2, 0.25) is 0 Å². The maximum absolute atomic E-state index is 11.6. The molecule has 0 bridgehead atoms. The third-order valence-electron chi connectivity index (χ3n) is 3.65. The van der Waals surface area contributed by atoms with E-state index in [2.05, 4.69) is 0 Å². The third kappa shape index (κ3) is 3.78. The van der Waals surface area contributed by atoms with Crippen molar-refractivity contribution in [3.8, 4) is 5.75 Å². The normalized spacial score (nSPS) is 12.9. The number of nitrogen functional groups attached to an aromatic ring is 1. The number of phenols is 1. The molecule has 0 aliphatic heterocycles. The van der Waals surface area contributed by atoms with Gasteiger partial charge in [0.15, 0.2) is 11.6 Å². The number of rotatable bonds is 2. The highest BCUT2D eigenvalue weighted by Crippen LogP contribution is 2.26. The van der Waals surface area contributed by atoms with Gasteiger partial charge in [0.05, 0.1) is 0 Å². The van der Waals surface area contributed by atoms with Gasteiger partial charge in [-0.15, -0.1) is 0 Å². The van der Waals surface area contributed by atoms with Crippen LogP contribution in [0.15, 0.2) is 48.5 Å². The first kappa shape index (κ1) is 18.0. The fourth-order valence-electron chi connectivity index (χ4n) is 2.41. The summed E-state index contributed by atoms with van der Waals surface area (Å²) in [6, 6.07) is 12.3. The Labute approximate surface area is 143 Å². The Kier molecular flexibility index (Phi) is 5.41. The molecule has 2 aromatic carbocycles. The van der Waals surface area contributed by atoms with E-state index >= 15 is 0 Å². The molecule has 2 aromatic rings. The van der Waals surface area contributed by atoms with Crippen molar-refractivity contribution in [1.29, 1.82) is 0 Å². The molecule has 4 N–H and O–H groups in total. The van der Waals surface area contributed by atoms with Crippen LogP contribution >= 0.6 is 0 Å². The fourth-order valence-corrected chi connectivity index (χ4v) is 2.41. The predicted molar refractivity (Wildman–Crippen MR) is 89.0 cm³/mol. The van der Waals surface area contributed by atoms with E-state index in [1.165, 1.54) is 31.2 Å². The summed E-state index contributed by atoms with van der Waals surface area (Å²) in [5.41, 5.74) is 3.15. The molecular formula is C18H16N2O5. The van der Waals surface area contributed by atoms with Gasteiger partial charge in [0.25, 0.3) is 5.91 Å². The minimum Gasteiger partial charge on any atom is -0.508 e. The van der Waals surface area contributed by atoms with Crippen molar-refractivity contribution in [3.05, 3.63) is 65.2 Å². The number of amides is 1. The lowest BCUT2D eigenvalue weighted by atomic mass is 10.00. The van der Waals surface area contributed by atoms with Crippen molar-refractivity contribution < 1.29 is 24.3 Å². The zero-order valence-corrected chi connectivity index (χ0v) is 13.4. The van der Waals surface area contributed by atoms with Gasteiger partial charge in [-0.05, 0) is 31.2 Å². The Bertz CT molecular complexity index is 808. The Morgan fingerprint density at radius 3 is 1.84 bits per heavy atom. The number of nitrogens with one attached hydrogen (secondary N) is 1. The number of carbonyl (C=O) groups excluding carboxylic acids is 4. The first-order valence-corrected chi connectivity index (χ1v) is 7.34. The van der Waals surface area contributed by atoms with E-state index in [4.69, 9.17) is 10.9 Å². The zero-order valence-electron chi connectivity index (χ0n) is 13.4. The lowest BCUT2D eigenvalue weighted by molar-refractivity contribution is -0.118. The van der Waals surface area contributed by atoms with Gasteiger partial charge in [-0.2, -0.15) is 0 Å². The average molecular weight is 340 g/mol. The number of carbonyl (C=O) groups is 4. The highest BCUT2D eigenvalue weighted by Gasteiger charge is 2.40. The monoisotopic (exact) mass is 340 g/mol. The van der Waals surface area contributed by atoms with Crippen LogP contribution in [0, 0.1) is 5.92 Å². The van der Waals surface area contributed by atoms with Crippen LogP contribution in [0.25, 0.3) is 0 Å². The molecule has 7 nitrogen and oxygen atoms in total. The largest absolute Gasteiger partial charge is 0.508 e. The number of hydrogen-bond donors (Lipinski definition) is 3. The molecular weight excluding hydrogens is 324 g/mol. The SMILES string of the molecule is CC(=O)C1C(=O)c2ccccc2C1=O.NNC(=O)c1ccc(O)cc1. The Morgan fingerprint density at radius 1 is 0.960 bits per heavy atom. The molecule has 0 spiro atoms. The average Bonchev–Trinajstić information content (AvgIpc) is 2.87. The molecule has 1 aliphatic rings. The Morgan fingerprint density at radius 2 is 1.44 bits per heavy atom. The van der Waals surface area contributed by atoms with Crippen LogP contribution in [0.3, 0.4) is 0 Å². The van der Waals surface area contributed by atoms with Gasteiger partial charge in [0, 0.05) is 16.7 Å². The Hall–Kier alpha value is -3.32. The number of ketones is 3. The van der Waals surface area contributed by atoms with Crippen LogP contribution in [0.1, 0.15) is 38.0 Å². The van der Waals surface area contributed by atoms with Crippen molar-refractivity contribution in [3.63, 3.8) is 0 Å². The molecule has 0 radical (unpaired) electrons. The summed E-state index contributed by atoms with van der Waals surface area (Å²) in [6.07, 6.45) is 0. The van der Waals surface area contributed by atoms with E-state index in [1.54, 1.807) is 24.3 Å². The molecule has 128 valence electrons. The van der Waals surface area contributed by atoms with Gasteiger partial charge in [0.1, 0.15) is 17.5 Å². The van der Waals surface area contributed by atoms with Gasteiger partial charge < -0.3 is 5.11 Å². The first-order chi connectivity index (χ1) is 11.9. The molecule has 1 amide bonds. The second kappa shape index (κ2) is 7.50. The van der Waals surface area contributed by atoms with Gasteiger partial charge in [-0.3, -0.25) is 24.6 Å². The van der Waals surface area contributed by atoms with E-state index in [0.29, 0.717) is 16.7 Å². The summed E-state index contributed by atoms with van der Waals surface area (Å²) in [7, 11) is 0. The highest BCUT2D eigenvalue weighted by molar-refractivity contribution is 6.35. The fraction of sp³-hybridized carbons (Fsp3) is 0.111.